The molecular weight excluding hydrogens is 452 g/mol. The van der Waals surface area contributed by atoms with Crippen LogP contribution in [-0.2, 0) is 22.1 Å². The highest BCUT2D eigenvalue weighted by Gasteiger charge is 2.52. The van der Waals surface area contributed by atoms with Crippen LogP contribution in [0, 0.1) is 5.92 Å². The molecule has 5 heterocycles. The number of hydrogen-bond acceptors (Lipinski definition) is 10. The molecule has 1 aliphatic carbocycles. The van der Waals surface area contributed by atoms with E-state index in [1.807, 2.05) is 23.3 Å². The number of likely N-dealkylation sites (N-methyl/N-ethyl adjacent to an activating group) is 1. The number of nitrogens with zero attached hydrogens (tertiary/aromatic N) is 7. The second kappa shape index (κ2) is 7.70. The summed E-state index contributed by atoms with van der Waals surface area (Å²) in [6, 6.07) is 3.26. The van der Waals surface area contributed by atoms with E-state index in [4.69, 9.17) is 8.85 Å². The molecule has 3 aromatic heterocycles. The summed E-state index contributed by atoms with van der Waals surface area (Å²) in [6.45, 7) is -1.93. The van der Waals surface area contributed by atoms with Gasteiger partial charge in [0.1, 0.15) is 16.9 Å². The number of amides is 2. The highest BCUT2D eigenvalue weighted by molar-refractivity contribution is 6.00. The summed E-state index contributed by atoms with van der Waals surface area (Å²) in [5.74, 6) is -0.749. The van der Waals surface area contributed by atoms with Gasteiger partial charge in [-0.25, -0.2) is 4.98 Å². The largest absolute Gasteiger partial charge is 0.376 e. The molecular formula is C22H24N10O3. The second-order valence-electron chi connectivity index (χ2n) is 8.86. The monoisotopic (exact) mass is 479 g/mol. The Kier molecular flexibility index (Phi) is 4.01. The molecule has 35 heavy (non-hydrogen) atoms. The lowest BCUT2D eigenvalue weighted by atomic mass is 9.83. The van der Waals surface area contributed by atoms with E-state index in [1.165, 1.54) is 10.9 Å². The van der Waals surface area contributed by atoms with Crippen molar-refractivity contribution < 1.29 is 18.4 Å². The Labute approximate surface area is 204 Å². The molecule has 0 radical (unpaired) electrons. The molecule has 0 aromatic carbocycles. The molecule has 3 aromatic rings. The van der Waals surface area contributed by atoms with Crippen LogP contribution >= 0.6 is 0 Å². The number of fused-ring (bicyclic) bond motifs is 4. The van der Waals surface area contributed by atoms with Crippen LogP contribution in [0.15, 0.2) is 18.3 Å². The van der Waals surface area contributed by atoms with Gasteiger partial charge in [0.2, 0.25) is 5.91 Å². The normalized spacial score (nSPS) is 18.9. The topological polar surface area (TPSA) is 152 Å². The average molecular weight is 480 g/mol. The first kappa shape index (κ1) is 18.2. The minimum atomic E-state index is -2.74. The zero-order chi connectivity index (χ0) is 26.8. The van der Waals surface area contributed by atoms with Crippen molar-refractivity contribution in [1.29, 1.82) is 0 Å². The number of nitrogens with one attached hydrogen (secondary N) is 3. The Morgan fingerprint density at radius 1 is 1.23 bits per heavy atom. The van der Waals surface area contributed by atoms with Gasteiger partial charge in [0.15, 0.2) is 17.3 Å². The Hall–Kier alpha value is -4.13. The van der Waals surface area contributed by atoms with Crippen molar-refractivity contribution in [3.05, 3.63) is 29.7 Å². The third kappa shape index (κ3) is 3.30. The van der Waals surface area contributed by atoms with Crippen LogP contribution in [0.1, 0.15) is 33.1 Å². The molecule has 1 saturated carbocycles. The van der Waals surface area contributed by atoms with Crippen molar-refractivity contribution in [2.24, 2.45) is 13.0 Å². The van der Waals surface area contributed by atoms with E-state index in [0.717, 1.165) is 24.1 Å². The Balaban J connectivity index is 1.43. The fourth-order valence-electron chi connectivity index (χ4n) is 4.45. The fraction of sp³-hybridized carbons (Fsp3) is 0.409. The number of aromatic nitrogens is 6. The van der Waals surface area contributed by atoms with Crippen LogP contribution in [0.25, 0.3) is 11.3 Å². The van der Waals surface area contributed by atoms with Crippen LogP contribution in [0.2, 0.25) is 0 Å². The maximum atomic E-state index is 12.8. The van der Waals surface area contributed by atoms with E-state index < -0.39 is 18.4 Å². The molecule has 13 heteroatoms. The summed E-state index contributed by atoms with van der Waals surface area (Å²) < 4.78 is 27.8. The van der Waals surface area contributed by atoms with Gasteiger partial charge in [0.25, 0.3) is 5.91 Å². The zero-order valence-electron chi connectivity index (χ0n) is 22.0. The predicted octanol–water partition coefficient (Wildman–Crippen LogP) is 0.794. The average Bonchev–Trinajstić information content (AvgIpc) is 3.59. The maximum Gasteiger partial charge on any atom is 0.273 e. The van der Waals surface area contributed by atoms with Crippen molar-refractivity contribution >= 4 is 34.8 Å². The van der Waals surface area contributed by atoms with E-state index in [0.29, 0.717) is 30.4 Å². The molecule has 3 N–H and O–H groups in total. The third-order valence-electron chi connectivity index (χ3n) is 6.57. The SMILES string of the molecule is [2H]C([2H])([2H])NC(=O)c1nnc(NC(=O)C2CC2)cc1Nc1nccc2c1N(C)C1(COC1)c1nn(C)nc1-2. The highest BCUT2D eigenvalue weighted by Crippen LogP contribution is 2.51. The number of aryl methyl sites for hydroxylation is 1. The van der Waals surface area contributed by atoms with Gasteiger partial charge in [-0.15, -0.1) is 10.2 Å². The van der Waals surface area contributed by atoms with Crippen molar-refractivity contribution in [3.63, 3.8) is 0 Å². The number of rotatable bonds is 5. The molecule has 0 atom stereocenters. The van der Waals surface area contributed by atoms with Crippen molar-refractivity contribution in [1.82, 2.24) is 35.5 Å². The summed E-state index contributed by atoms with van der Waals surface area (Å²) in [4.78, 5) is 33.2. The number of carbonyl (C=O) groups is 2. The molecule has 1 spiro atoms. The molecule has 180 valence electrons. The molecule has 2 amide bonds. The molecule has 13 nitrogen and oxygen atoms in total. The van der Waals surface area contributed by atoms with Crippen LogP contribution in [0.4, 0.5) is 23.0 Å². The zero-order valence-corrected chi connectivity index (χ0v) is 19.0. The lowest BCUT2D eigenvalue weighted by molar-refractivity contribution is -0.117. The van der Waals surface area contributed by atoms with Gasteiger partial charge >= 0.3 is 0 Å². The van der Waals surface area contributed by atoms with E-state index >= 15 is 0 Å². The Morgan fingerprint density at radius 2 is 2.06 bits per heavy atom. The molecule has 6 rings (SSSR count). The van der Waals surface area contributed by atoms with Crippen LogP contribution < -0.4 is 20.9 Å². The van der Waals surface area contributed by atoms with E-state index in [1.54, 1.807) is 13.2 Å². The number of hydrogen-bond donors (Lipinski definition) is 3. The smallest absolute Gasteiger partial charge is 0.273 e. The standard InChI is InChI=1S/C22H24N10O3/c1-23-21(34)16-13(8-14(27-28-16)26-20(33)11-4-5-11)25-19-17-12(6-7-24-19)15-18(30-32(3)29-15)22(31(17)2)9-35-10-22/h6-8,11H,4-5,9-10H2,1-3H3,(H,23,34)(H2,24,25,26,27,33)/i1D3. The lowest BCUT2D eigenvalue weighted by Crippen LogP contribution is -2.60. The van der Waals surface area contributed by atoms with Crippen molar-refractivity contribution in [3.8, 4) is 11.3 Å². The Bertz CT molecular complexity index is 1470. The third-order valence-corrected chi connectivity index (χ3v) is 6.57. The number of anilines is 4. The molecule has 0 bridgehead atoms. The van der Waals surface area contributed by atoms with Gasteiger partial charge in [0.05, 0.1) is 24.6 Å². The van der Waals surface area contributed by atoms with E-state index in [-0.39, 0.29) is 29.0 Å². The van der Waals surface area contributed by atoms with Gasteiger partial charge < -0.3 is 25.6 Å². The molecule has 0 unspecified atom stereocenters. The van der Waals surface area contributed by atoms with Crippen LogP contribution in [-0.4, -0.2) is 69.2 Å². The summed E-state index contributed by atoms with van der Waals surface area (Å²) in [7, 11) is 3.65. The first-order valence-electron chi connectivity index (χ1n) is 12.6. The minimum absolute atomic E-state index is 0.0785. The van der Waals surface area contributed by atoms with Gasteiger partial charge in [-0.1, -0.05) is 0 Å². The van der Waals surface area contributed by atoms with Gasteiger partial charge in [0, 0.05) is 48.9 Å². The van der Waals surface area contributed by atoms with Crippen LogP contribution in [0.5, 0.6) is 0 Å². The summed E-state index contributed by atoms with van der Waals surface area (Å²) in [5, 5.41) is 24.8. The molecule has 3 aliphatic rings. The van der Waals surface area contributed by atoms with E-state index in [2.05, 4.69) is 36.0 Å². The number of pyridine rings is 1. The first-order valence-corrected chi connectivity index (χ1v) is 11.1. The van der Waals surface area contributed by atoms with Gasteiger partial charge in [-0.2, -0.15) is 15.0 Å². The summed E-state index contributed by atoms with van der Waals surface area (Å²) in [6.07, 6.45) is 3.19. The summed E-state index contributed by atoms with van der Waals surface area (Å²) in [5.41, 5.74) is 2.25. The predicted molar refractivity (Wildman–Crippen MR) is 125 cm³/mol. The molecule has 1 saturated heterocycles. The lowest BCUT2D eigenvalue weighted by Gasteiger charge is -2.50. The number of ether oxygens (including phenoxy) is 1. The maximum absolute atomic E-state index is 12.8. The van der Waals surface area contributed by atoms with E-state index in [9.17, 15) is 9.59 Å². The quantitative estimate of drug-likeness (QED) is 0.479. The Morgan fingerprint density at radius 3 is 2.77 bits per heavy atom. The molecule has 2 aliphatic heterocycles. The fourth-order valence-corrected chi connectivity index (χ4v) is 4.45. The van der Waals surface area contributed by atoms with Crippen LogP contribution in [0.3, 0.4) is 0 Å². The minimum Gasteiger partial charge on any atom is -0.376 e. The van der Waals surface area contributed by atoms with Crippen molar-refractivity contribution in [2.75, 3.05) is 42.8 Å². The van der Waals surface area contributed by atoms with Gasteiger partial charge in [-0.05, 0) is 18.9 Å². The molecule has 2 fully saturated rings. The first-order chi connectivity index (χ1) is 18.1. The van der Waals surface area contributed by atoms with Gasteiger partial charge in [-0.3, -0.25) is 9.59 Å². The second-order valence-corrected chi connectivity index (χ2v) is 8.86. The van der Waals surface area contributed by atoms with Crippen molar-refractivity contribution in [2.45, 2.75) is 18.4 Å². The number of carbonyl (C=O) groups excluding carboxylic acids is 2. The summed E-state index contributed by atoms with van der Waals surface area (Å²) >= 11 is 0. The highest BCUT2D eigenvalue weighted by atomic mass is 16.5.